The van der Waals surface area contributed by atoms with Crippen molar-refractivity contribution in [2.75, 3.05) is 10.8 Å². The minimum atomic E-state index is -4.15. The van der Waals surface area contributed by atoms with Crippen LogP contribution in [0.1, 0.15) is 50.3 Å². The number of hydrogen-bond acceptors (Lipinski definition) is 4. The Balaban J connectivity index is 2.07. The molecule has 40 heavy (non-hydrogen) atoms. The second-order valence-corrected chi connectivity index (χ2v) is 12.3. The highest BCUT2D eigenvalue weighted by Crippen LogP contribution is 2.27. The van der Waals surface area contributed by atoms with Gasteiger partial charge in [-0.15, -0.1) is 0 Å². The maximum Gasteiger partial charge on any atom is 0.264 e. The van der Waals surface area contributed by atoms with Gasteiger partial charge >= 0.3 is 0 Å². The van der Waals surface area contributed by atoms with Crippen molar-refractivity contribution in [1.29, 1.82) is 0 Å². The molecule has 0 saturated carbocycles. The summed E-state index contributed by atoms with van der Waals surface area (Å²) in [5, 5.41) is 3.39. The smallest absolute Gasteiger partial charge is 0.264 e. The lowest BCUT2D eigenvalue weighted by Crippen LogP contribution is -2.53. The summed E-state index contributed by atoms with van der Waals surface area (Å²) in [5.74, 6) is -0.745. The van der Waals surface area contributed by atoms with Crippen LogP contribution in [0.25, 0.3) is 0 Å². The van der Waals surface area contributed by atoms with Crippen molar-refractivity contribution in [2.45, 2.75) is 71.0 Å². The third-order valence-corrected chi connectivity index (χ3v) is 9.08. The van der Waals surface area contributed by atoms with Crippen LogP contribution in [0.15, 0.2) is 77.7 Å². The summed E-state index contributed by atoms with van der Waals surface area (Å²) >= 11 is 6.02. The van der Waals surface area contributed by atoms with E-state index >= 15 is 0 Å². The molecular weight excluding hydrogens is 546 g/mol. The van der Waals surface area contributed by atoms with Gasteiger partial charge in [-0.05, 0) is 86.7 Å². The second-order valence-electron chi connectivity index (χ2n) is 9.98. The summed E-state index contributed by atoms with van der Waals surface area (Å²) in [6.45, 7) is 9.24. The first-order chi connectivity index (χ1) is 19.0. The predicted molar refractivity (Wildman–Crippen MR) is 161 cm³/mol. The van der Waals surface area contributed by atoms with Crippen molar-refractivity contribution in [3.05, 3.63) is 94.5 Å². The Hall–Kier alpha value is -3.36. The molecule has 2 amide bonds. The van der Waals surface area contributed by atoms with Crippen LogP contribution in [0.3, 0.4) is 0 Å². The average Bonchev–Trinajstić information content (AvgIpc) is 2.93. The summed E-state index contributed by atoms with van der Waals surface area (Å²) in [6.07, 6.45) is 1.11. The lowest BCUT2D eigenvalue weighted by Gasteiger charge is -2.34. The van der Waals surface area contributed by atoms with E-state index in [-0.39, 0.29) is 23.4 Å². The first kappa shape index (κ1) is 31.2. The summed E-state index contributed by atoms with van der Waals surface area (Å²) in [5.41, 5.74) is 3.09. The van der Waals surface area contributed by atoms with Crippen molar-refractivity contribution in [3.63, 3.8) is 0 Å². The van der Waals surface area contributed by atoms with Crippen LogP contribution >= 0.6 is 11.6 Å². The summed E-state index contributed by atoms with van der Waals surface area (Å²) < 4.78 is 29.0. The van der Waals surface area contributed by atoms with Gasteiger partial charge < -0.3 is 10.2 Å². The van der Waals surface area contributed by atoms with E-state index < -0.39 is 28.5 Å². The lowest BCUT2D eigenvalue weighted by atomic mass is 10.1. The molecule has 0 bridgehead atoms. The third-order valence-electron chi connectivity index (χ3n) is 7.04. The van der Waals surface area contributed by atoms with Crippen molar-refractivity contribution in [2.24, 2.45) is 0 Å². The Morgan fingerprint density at radius 2 is 1.55 bits per heavy atom. The fraction of sp³-hybridized carbons (Fsp3) is 0.355. The van der Waals surface area contributed by atoms with E-state index in [0.29, 0.717) is 17.1 Å². The monoisotopic (exact) mass is 583 g/mol. The standard InChI is InChI=1S/C31H38ClN3O4S/c1-6-24(5)33-31(37)29(7-2)34(20-25-11-9-8-10-12-25)30(36)21-35(27-16-13-22(3)23(4)19-27)40(38,39)28-17-14-26(32)15-18-28/h8-19,24,29H,6-7,20-21H2,1-5H3,(H,33,37)/t24-,29-/m0/s1. The number of anilines is 1. The number of sulfonamides is 1. The van der Waals surface area contributed by atoms with Crippen LogP contribution in [-0.4, -0.2) is 43.8 Å². The Kier molecular flexibility index (Phi) is 10.8. The molecule has 0 heterocycles. The molecule has 0 unspecified atom stereocenters. The fourth-order valence-electron chi connectivity index (χ4n) is 4.28. The van der Waals surface area contributed by atoms with Crippen LogP contribution in [0.4, 0.5) is 5.69 Å². The summed E-state index contributed by atoms with van der Waals surface area (Å²) in [4.78, 5) is 28.9. The topological polar surface area (TPSA) is 86.8 Å². The number of nitrogens with one attached hydrogen (secondary N) is 1. The van der Waals surface area contributed by atoms with Gasteiger partial charge in [-0.25, -0.2) is 8.42 Å². The highest BCUT2D eigenvalue weighted by Gasteiger charge is 2.34. The number of amides is 2. The molecule has 0 spiro atoms. The third kappa shape index (κ3) is 7.64. The van der Waals surface area contributed by atoms with Crippen LogP contribution < -0.4 is 9.62 Å². The molecule has 7 nitrogen and oxygen atoms in total. The Bertz CT molecular complexity index is 1410. The van der Waals surface area contributed by atoms with E-state index in [0.717, 1.165) is 27.4 Å². The molecule has 0 saturated heterocycles. The number of halogens is 1. The van der Waals surface area contributed by atoms with E-state index in [1.165, 1.54) is 29.2 Å². The molecule has 0 aliphatic carbocycles. The molecule has 0 radical (unpaired) electrons. The fourth-order valence-corrected chi connectivity index (χ4v) is 5.82. The zero-order valence-electron chi connectivity index (χ0n) is 23.7. The Morgan fingerprint density at radius 1 is 0.900 bits per heavy atom. The highest BCUT2D eigenvalue weighted by molar-refractivity contribution is 7.92. The predicted octanol–water partition coefficient (Wildman–Crippen LogP) is 5.87. The van der Waals surface area contributed by atoms with E-state index in [4.69, 9.17) is 11.6 Å². The van der Waals surface area contributed by atoms with Crippen LogP contribution in [0.5, 0.6) is 0 Å². The van der Waals surface area contributed by atoms with Gasteiger partial charge in [0, 0.05) is 17.6 Å². The molecule has 0 aromatic heterocycles. The minimum absolute atomic E-state index is 0.0130. The number of hydrogen-bond donors (Lipinski definition) is 1. The minimum Gasteiger partial charge on any atom is -0.352 e. The Morgan fingerprint density at radius 3 is 2.12 bits per heavy atom. The number of carbonyl (C=O) groups excluding carboxylic acids is 2. The van der Waals surface area contributed by atoms with Crippen molar-refractivity contribution in [1.82, 2.24) is 10.2 Å². The van der Waals surface area contributed by atoms with Crippen LogP contribution in [0.2, 0.25) is 5.02 Å². The van der Waals surface area contributed by atoms with Crippen molar-refractivity contribution in [3.8, 4) is 0 Å². The zero-order valence-corrected chi connectivity index (χ0v) is 25.3. The van der Waals surface area contributed by atoms with E-state index in [1.54, 1.807) is 12.1 Å². The van der Waals surface area contributed by atoms with Crippen molar-refractivity contribution >= 4 is 39.1 Å². The molecular formula is C31H38ClN3O4S. The van der Waals surface area contributed by atoms with Crippen LogP contribution in [-0.2, 0) is 26.2 Å². The molecule has 214 valence electrons. The largest absolute Gasteiger partial charge is 0.352 e. The van der Waals surface area contributed by atoms with Gasteiger partial charge in [-0.1, -0.05) is 61.8 Å². The molecule has 0 aliphatic heterocycles. The normalized spacial score (nSPS) is 12.8. The van der Waals surface area contributed by atoms with Crippen LogP contribution in [0, 0.1) is 13.8 Å². The molecule has 0 fully saturated rings. The van der Waals surface area contributed by atoms with E-state index in [1.807, 2.05) is 71.0 Å². The quantitative estimate of drug-likeness (QED) is 0.289. The number of aryl methyl sites for hydroxylation is 2. The summed E-state index contributed by atoms with van der Waals surface area (Å²) in [6, 6.07) is 19.7. The average molecular weight is 584 g/mol. The zero-order chi connectivity index (χ0) is 29.4. The number of carbonyl (C=O) groups is 2. The maximum absolute atomic E-state index is 14.1. The second kappa shape index (κ2) is 13.8. The molecule has 2 atom stereocenters. The molecule has 3 aromatic carbocycles. The maximum atomic E-state index is 14.1. The first-order valence-electron chi connectivity index (χ1n) is 13.5. The summed E-state index contributed by atoms with van der Waals surface area (Å²) in [7, 11) is -4.15. The van der Waals surface area contributed by atoms with Gasteiger partial charge in [0.1, 0.15) is 12.6 Å². The van der Waals surface area contributed by atoms with Gasteiger partial charge in [-0.3, -0.25) is 13.9 Å². The molecule has 3 aromatic rings. The molecule has 1 N–H and O–H groups in total. The number of nitrogens with zero attached hydrogens (tertiary/aromatic N) is 2. The van der Waals surface area contributed by atoms with E-state index in [2.05, 4.69) is 5.32 Å². The van der Waals surface area contributed by atoms with Crippen molar-refractivity contribution < 1.29 is 18.0 Å². The lowest BCUT2D eigenvalue weighted by molar-refractivity contribution is -0.140. The van der Waals surface area contributed by atoms with Gasteiger partial charge in [0.25, 0.3) is 10.0 Å². The van der Waals surface area contributed by atoms with Gasteiger partial charge in [-0.2, -0.15) is 0 Å². The van der Waals surface area contributed by atoms with Gasteiger partial charge in [0.2, 0.25) is 11.8 Å². The number of benzene rings is 3. The highest BCUT2D eigenvalue weighted by atomic mass is 35.5. The molecule has 3 rings (SSSR count). The van der Waals surface area contributed by atoms with Gasteiger partial charge in [0.05, 0.1) is 10.6 Å². The Labute approximate surface area is 243 Å². The number of rotatable bonds is 12. The van der Waals surface area contributed by atoms with E-state index in [9.17, 15) is 18.0 Å². The SMILES string of the molecule is CC[C@H](C)NC(=O)[C@H](CC)N(Cc1ccccc1)C(=O)CN(c1ccc(C)c(C)c1)S(=O)(=O)c1ccc(Cl)cc1. The van der Waals surface area contributed by atoms with Gasteiger partial charge in [0.15, 0.2) is 0 Å². The molecule has 9 heteroatoms. The first-order valence-corrected chi connectivity index (χ1v) is 15.3. The molecule has 0 aliphatic rings.